The summed E-state index contributed by atoms with van der Waals surface area (Å²) in [6, 6.07) is 4.25. The van der Waals surface area contributed by atoms with E-state index in [4.69, 9.17) is 0 Å². The molecule has 4 nitrogen and oxygen atoms in total. The van der Waals surface area contributed by atoms with Gasteiger partial charge in [-0.1, -0.05) is 6.42 Å². The number of Topliss-reactive ketones (excluding diaryl/α,β-unsaturated/α-hetero) is 1. The van der Waals surface area contributed by atoms with E-state index in [2.05, 4.69) is 11.3 Å². The molecular weight excluding hydrogens is 266 g/mol. The maximum absolute atomic E-state index is 12.0. The van der Waals surface area contributed by atoms with E-state index in [-0.39, 0.29) is 17.3 Å². The van der Waals surface area contributed by atoms with Crippen LogP contribution in [-0.4, -0.2) is 40.5 Å². The molecule has 21 heavy (non-hydrogen) atoms. The van der Waals surface area contributed by atoms with E-state index < -0.39 is 0 Å². The van der Waals surface area contributed by atoms with Crippen molar-refractivity contribution < 1.29 is 15.0 Å². The number of nitrogens with zero attached hydrogens (tertiary/aromatic N) is 1. The summed E-state index contributed by atoms with van der Waals surface area (Å²) < 4.78 is 0. The van der Waals surface area contributed by atoms with Crippen molar-refractivity contribution in [2.75, 3.05) is 19.6 Å². The van der Waals surface area contributed by atoms with Gasteiger partial charge in [0, 0.05) is 12.0 Å². The van der Waals surface area contributed by atoms with Crippen LogP contribution in [0.5, 0.6) is 11.5 Å². The summed E-state index contributed by atoms with van der Waals surface area (Å²) in [4.78, 5) is 14.5. The molecule has 1 saturated heterocycles. The molecule has 1 heterocycles. The molecule has 1 aliphatic rings. The molecule has 1 aromatic rings. The van der Waals surface area contributed by atoms with Gasteiger partial charge in [0.15, 0.2) is 17.3 Å². The van der Waals surface area contributed by atoms with Gasteiger partial charge in [-0.3, -0.25) is 4.79 Å². The Morgan fingerprint density at radius 1 is 1.05 bits per heavy atom. The zero-order valence-electron chi connectivity index (χ0n) is 12.4. The van der Waals surface area contributed by atoms with E-state index in [0.29, 0.717) is 12.0 Å². The summed E-state index contributed by atoms with van der Waals surface area (Å²) in [7, 11) is 0. The van der Waals surface area contributed by atoms with Gasteiger partial charge in [0.1, 0.15) is 0 Å². The molecule has 1 aromatic carbocycles. The Labute approximate surface area is 126 Å². The Kier molecular flexibility index (Phi) is 6.05. The van der Waals surface area contributed by atoms with Crippen molar-refractivity contribution in [2.24, 2.45) is 0 Å². The Balaban J connectivity index is 1.63. The lowest BCUT2D eigenvalue weighted by atomic mass is 10.0. The Hall–Kier alpha value is -1.55. The smallest absolute Gasteiger partial charge is 0.163 e. The van der Waals surface area contributed by atoms with Crippen LogP contribution in [0.1, 0.15) is 48.9 Å². The van der Waals surface area contributed by atoms with Crippen LogP contribution in [0, 0.1) is 6.42 Å². The van der Waals surface area contributed by atoms with E-state index in [0.717, 1.165) is 25.8 Å². The van der Waals surface area contributed by atoms with Crippen molar-refractivity contribution in [3.8, 4) is 11.5 Å². The topological polar surface area (TPSA) is 60.8 Å². The molecule has 0 bridgehead atoms. The fraction of sp³-hybridized carbons (Fsp3) is 0.529. The molecule has 0 unspecified atom stereocenters. The number of piperidine rings is 1. The van der Waals surface area contributed by atoms with Crippen molar-refractivity contribution in [3.05, 3.63) is 30.2 Å². The number of likely N-dealkylation sites (tertiary alicyclic amines) is 1. The van der Waals surface area contributed by atoms with Crippen LogP contribution < -0.4 is 0 Å². The third kappa shape index (κ3) is 5.05. The first-order valence-electron chi connectivity index (χ1n) is 7.76. The number of benzene rings is 1. The van der Waals surface area contributed by atoms with Gasteiger partial charge in [0.2, 0.25) is 0 Å². The van der Waals surface area contributed by atoms with Crippen molar-refractivity contribution in [1.82, 2.24) is 4.90 Å². The number of phenolic OH excluding ortho intramolecular Hbond substituents is 2. The van der Waals surface area contributed by atoms with Gasteiger partial charge >= 0.3 is 0 Å². The number of rotatable bonds is 7. The van der Waals surface area contributed by atoms with Crippen molar-refractivity contribution in [3.63, 3.8) is 0 Å². The largest absolute Gasteiger partial charge is 0.504 e. The lowest BCUT2D eigenvalue weighted by Crippen LogP contribution is -2.30. The number of carbonyl (C=O) groups is 1. The molecule has 115 valence electrons. The van der Waals surface area contributed by atoms with E-state index in [1.165, 1.54) is 38.1 Å². The molecule has 1 radical (unpaired) electrons. The van der Waals surface area contributed by atoms with E-state index >= 15 is 0 Å². The average Bonchev–Trinajstić information content (AvgIpc) is 2.50. The van der Waals surface area contributed by atoms with Gasteiger partial charge in [-0.25, -0.2) is 0 Å². The Morgan fingerprint density at radius 3 is 2.52 bits per heavy atom. The normalized spacial score (nSPS) is 16.0. The van der Waals surface area contributed by atoms with Crippen molar-refractivity contribution in [1.29, 1.82) is 0 Å². The highest BCUT2D eigenvalue weighted by atomic mass is 16.3. The number of hydrogen-bond acceptors (Lipinski definition) is 4. The molecule has 2 rings (SSSR count). The summed E-state index contributed by atoms with van der Waals surface area (Å²) in [5.74, 6) is -0.397. The second kappa shape index (κ2) is 8.03. The minimum absolute atomic E-state index is 0.0258. The molecule has 1 aliphatic heterocycles. The minimum Gasteiger partial charge on any atom is -0.504 e. The molecule has 4 heteroatoms. The van der Waals surface area contributed by atoms with E-state index in [9.17, 15) is 15.0 Å². The second-order valence-electron chi connectivity index (χ2n) is 5.64. The molecular formula is C17H24NO3. The summed E-state index contributed by atoms with van der Waals surface area (Å²) >= 11 is 0. The van der Waals surface area contributed by atoms with Gasteiger partial charge in [-0.2, -0.15) is 0 Å². The quantitative estimate of drug-likeness (QED) is 0.460. The Morgan fingerprint density at radius 2 is 1.81 bits per heavy atom. The van der Waals surface area contributed by atoms with Crippen molar-refractivity contribution >= 4 is 5.78 Å². The van der Waals surface area contributed by atoms with Crippen LogP contribution in [0.25, 0.3) is 0 Å². The van der Waals surface area contributed by atoms with Crippen LogP contribution in [0.15, 0.2) is 18.2 Å². The van der Waals surface area contributed by atoms with E-state index in [1.54, 1.807) is 6.07 Å². The van der Waals surface area contributed by atoms with Gasteiger partial charge in [-0.15, -0.1) is 0 Å². The third-order valence-electron chi connectivity index (χ3n) is 3.97. The molecule has 0 spiro atoms. The highest BCUT2D eigenvalue weighted by Gasteiger charge is 2.10. The minimum atomic E-state index is -0.234. The lowest BCUT2D eigenvalue weighted by Gasteiger charge is -2.26. The number of carbonyl (C=O) groups excluding carboxylic acids is 1. The zero-order valence-corrected chi connectivity index (χ0v) is 12.4. The standard InChI is InChI=1S/C17H24NO3/c19-15(14-8-9-16(20)17(21)13-14)7-3-1-4-10-18-11-5-2-6-12-18/h2,8-9,13,20-21H,1,3-7,10-12H2. The first-order chi connectivity index (χ1) is 10.2. The van der Waals surface area contributed by atoms with E-state index in [1.807, 2.05) is 0 Å². The zero-order chi connectivity index (χ0) is 15.1. The average molecular weight is 290 g/mol. The van der Waals surface area contributed by atoms with Crippen LogP contribution in [-0.2, 0) is 0 Å². The SMILES string of the molecule is O=C(CCCCCN1CC[CH]CC1)c1ccc(O)c(O)c1. The number of unbranched alkanes of at least 4 members (excludes halogenated alkanes) is 2. The predicted molar refractivity (Wildman–Crippen MR) is 82.5 cm³/mol. The third-order valence-corrected chi connectivity index (χ3v) is 3.97. The molecule has 0 aliphatic carbocycles. The first-order valence-corrected chi connectivity index (χ1v) is 7.76. The summed E-state index contributed by atoms with van der Waals surface area (Å²) in [6.07, 6.45) is 8.30. The maximum atomic E-state index is 12.0. The molecule has 1 fully saturated rings. The summed E-state index contributed by atoms with van der Waals surface area (Å²) in [5, 5.41) is 18.6. The number of phenols is 2. The molecule has 2 N–H and O–H groups in total. The number of hydrogen-bond donors (Lipinski definition) is 2. The van der Waals surface area contributed by atoms with Crippen LogP contribution in [0.2, 0.25) is 0 Å². The fourth-order valence-electron chi connectivity index (χ4n) is 2.67. The Bertz CT molecular complexity index is 467. The van der Waals surface area contributed by atoms with Gasteiger partial charge in [0.05, 0.1) is 0 Å². The molecule has 0 aromatic heterocycles. The monoisotopic (exact) mass is 290 g/mol. The van der Waals surface area contributed by atoms with Gasteiger partial charge in [0.25, 0.3) is 0 Å². The van der Waals surface area contributed by atoms with Crippen molar-refractivity contribution in [2.45, 2.75) is 38.5 Å². The molecule has 0 atom stereocenters. The highest BCUT2D eigenvalue weighted by Crippen LogP contribution is 2.25. The first kappa shape index (κ1) is 15.8. The number of aromatic hydroxyl groups is 2. The lowest BCUT2D eigenvalue weighted by molar-refractivity contribution is 0.0978. The fourth-order valence-corrected chi connectivity index (χ4v) is 2.67. The maximum Gasteiger partial charge on any atom is 0.163 e. The number of ketones is 1. The summed E-state index contributed by atoms with van der Waals surface area (Å²) in [6.45, 7) is 3.47. The van der Waals surface area contributed by atoms with Crippen LogP contribution in [0.4, 0.5) is 0 Å². The van der Waals surface area contributed by atoms with Crippen LogP contribution in [0.3, 0.4) is 0 Å². The second-order valence-corrected chi connectivity index (χ2v) is 5.64. The molecule has 0 amide bonds. The van der Waals surface area contributed by atoms with Gasteiger partial charge in [-0.05, 0) is 69.9 Å². The molecule has 0 saturated carbocycles. The predicted octanol–water partition coefficient (Wildman–Crippen LogP) is 3.14. The van der Waals surface area contributed by atoms with Crippen LogP contribution >= 0.6 is 0 Å². The highest BCUT2D eigenvalue weighted by molar-refractivity contribution is 5.96. The van der Waals surface area contributed by atoms with Gasteiger partial charge < -0.3 is 15.1 Å². The summed E-state index contributed by atoms with van der Waals surface area (Å²) in [5.41, 5.74) is 0.469.